The van der Waals surface area contributed by atoms with Crippen LogP contribution in [-0.4, -0.2) is 36.8 Å². The zero-order chi connectivity index (χ0) is 18.5. The van der Waals surface area contributed by atoms with Gasteiger partial charge in [0.1, 0.15) is 0 Å². The van der Waals surface area contributed by atoms with Gasteiger partial charge in [0.2, 0.25) is 5.91 Å². The Morgan fingerprint density at radius 3 is 2.54 bits per heavy atom. The minimum Gasteiger partial charge on any atom is -0.459 e. The molecule has 0 atom stereocenters. The summed E-state index contributed by atoms with van der Waals surface area (Å²) in [5, 5.41) is 2.05. The molecule has 2 aromatic rings. The molecule has 0 unspecified atom stereocenters. The predicted molar refractivity (Wildman–Crippen MR) is 89.5 cm³/mol. The van der Waals surface area contributed by atoms with E-state index >= 15 is 0 Å². The van der Waals surface area contributed by atoms with Gasteiger partial charge in [0.15, 0.2) is 12.4 Å². The van der Waals surface area contributed by atoms with Crippen LogP contribution in [0.2, 0.25) is 0 Å². The van der Waals surface area contributed by atoms with E-state index < -0.39 is 24.4 Å². The number of esters is 1. The van der Waals surface area contributed by atoms with E-state index in [1.54, 1.807) is 17.0 Å². The molecule has 3 rings (SSSR count). The van der Waals surface area contributed by atoms with Crippen LogP contribution in [0.25, 0.3) is 0 Å². The van der Waals surface area contributed by atoms with Crippen molar-refractivity contribution in [1.82, 2.24) is 5.32 Å². The fourth-order valence-electron chi connectivity index (χ4n) is 2.55. The third-order valence-electron chi connectivity index (χ3n) is 3.82. The molecule has 1 saturated heterocycles. The van der Waals surface area contributed by atoms with Gasteiger partial charge in [-0.2, -0.15) is 0 Å². The summed E-state index contributed by atoms with van der Waals surface area (Å²) in [5.74, 6) is -2.14. The van der Waals surface area contributed by atoms with Gasteiger partial charge >= 0.3 is 5.97 Å². The number of nitrogens with zero attached hydrogens (tertiary/aromatic N) is 1. The van der Waals surface area contributed by atoms with Gasteiger partial charge in [0.05, 0.1) is 11.8 Å². The Bertz CT molecular complexity index is 826. The van der Waals surface area contributed by atoms with Crippen molar-refractivity contribution in [2.75, 3.05) is 18.1 Å². The van der Waals surface area contributed by atoms with Crippen molar-refractivity contribution in [1.29, 1.82) is 0 Å². The van der Waals surface area contributed by atoms with E-state index in [0.717, 1.165) is 6.42 Å². The molecule has 0 spiro atoms. The monoisotopic (exact) mass is 356 g/mol. The molecule has 2 heterocycles. The van der Waals surface area contributed by atoms with Crippen LogP contribution in [0.4, 0.5) is 5.69 Å². The molecule has 8 nitrogen and oxygen atoms in total. The van der Waals surface area contributed by atoms with E-state index in [1.807, 2.05) is 5.32 Å². The first-order valence-corrected chi connectivity index (χ1v) is 8.00. The highest BCUT2D eigenvalue weighted by atomic mass is 16.5. The molecule has 0 aliphatic carbocycles. The SMILES string of the molecule is O=C(COC(=O)c1ccc(N2CCCC2=O)cc1)NC(=O)c1ccco1. The van der Waals surface area contributed by atoms with Crippen LogP contribution in [0.15, 0.2) is 47.1 Å². The Morgan fingerprint density at radius 2 is 1.92 bits per heavy atom. The van der Waals surface area contributed by atoms with Crippen LogP contribution in [-0.2, 0) is 14.3 Å². The molecule has 1 aliphatic heterocycles. The number of hydrogen-bond acceptors (Lipinski definition) is 6. The zero-order valence-electron chi connectivity index (χ0n) is 13.8. The molecule has 1 aromatic heterocycles. The van der Waals surface area contributed by atoms with Crippen molar-refractivity contribution in [3.05, 3.63) is 54.0 Å². The second kappa shape index (κ2) is 7.64. The number of rotatable bonds is 5. The molecule has 8 heteroatoms. The molecule has 1 N–H and O–H groups in total. The summed E-state index contributed by atoms with van der Waals surface area (Å²) < 4.78 is 9.73. The van der Waals surface area contributed by atoms with Crippen LogP contribution in [0, 0.1) is 0 Å². The number of carbonyl (C=O) groups is 4. The van der Waals surface area contributed by atoms with Crippen LogP contribution in [0.5, 0.6) is 0 Å². The highest BCUT2D eigenvalue weighted by Gasteiger charge is 2.22. The van der Waals surface area contributed by atoms with Gasteiger partial charge < -0.3 is 14.1 Å². The summed E-state index contributed by atoms with van der Waals surface area (Å²) in [6.07, 6.45) is 2.64. The Kier molecular flexibility index (Phi) is 5.12. The predicted octanol–water partition coefficient (Wildman–Crippen LogP) is 1.52. The van der Waals surface area contributed by atoms with Crippen molar-refractivity contribution in [2.45, 2.75) is 12.8 Å². The van der Waals surface area contributed by atoms with Gasteiger partial charge in [-0.15, -0.1) is 0 Å². The second-order valence-electron chi connectivity index (χ2n) is 5.63. The lowest BCUT2D eigenvalue weighted by molar-refractivity contribution is -0.123. The molecule has 3 amide bonds. The standard InChI is InChI=1S/C18H16N2O6/c21-15(19-17(23)14-3-2-10-25-14)11-26-18(24)12-5-7-13(8-6-12)20-9-1-4-16(20)22/h2-3,5-8,10H,1,4,9,11H2,(H,19,21,23). The van der Waals surface area contributed by atoms with Gasteiger partial charge in [-0.3, -0.25) is 19.7 Å². The van der Waals surface area contributed by atoms with Crippen molar-refractivity contribution in [3.63, 3.8) is 0 Å². The maximum Gasteiger partial charge on any atom is 0.338 e. The van der Waals surface area contributed by atoms with Crippen molar-refractivity contribution in [3.8, 4) is 0 Å². The number of ether oxygens (including phenoxy) is 1. The maximum absolute atomic E-state index is 12.0. The average Bonchev–Trinajstić information content (AvgIpc) is 3.31. The van der Waals surface area contributed by atoms with Crippen LogP contribution < -0.4 is 10.2 Å². The smallest absolute Gasteiger partial charge is 0.338 e. The Balaban J connectivity index is 1.51. The number of benzene rings is 1. The topological polar surface area (TPSA) is 106 Å². The van der Waals surface area contributed by atoms with Crippen molar-refractivity contribution >= 4 is 29.4 Å². The lowest BCUT2D eigenvalue weighted by Gasteiger charge is -2.15. The lowest BCUT2D eigenvalue weighted by atomic mass is 10.2. The average molecular weight is 356 g/mol. The molecule has 134 valence electrons. The summed E-state index contributed by atoms with van der Waals surface area (Å²) in [6, 6.07) is 9.27. The van der Waals surface area contributed by atoms with Crippen LogP contribution in [0.1, 0.15) is 33.8 Å². The minimum absolute atomic E-state index is 0.0169. The highest BCUT2D eigenvalue weighted by molar-refractivity contribution is 6.04. The summed E-state index contributed by atoms with van der Waals surface area (Å²) >= 11 is 0. The molecule has 26 heavy (non-hydrogen) atoms. The summed E-state index contributed by atoms with van der Waals surface area (Å²) in [6.45, 7) is 0.0597. The highest BCUT2D eigenvalue weighted by Crippen LogP contribution is 2.21. The van der Waals surface area contributed by atoms with Crippen molar-refractivity contribution < 1.29 is 28.3 Å². The molecular weight excluding hydrogens is 340 g/mol. The minimum atomic E-state index is -0.765. The Labute approximate surface area is 148 Å². The van der Waals surface area contributed by atoms with E-state index in [-0.39, 0.29) is 17.2 Å². The van der Waals surface area contributed by atoms with Gasteiger partial charge in [0.25, 0.3) is 11.8 Å². The van der Waals surface area contributed by atoms with Gasteiger partial charge in [-0.25, -0.2) is 4.79 Å². The maximum atomic E-state index is 12.0. The number of nitrogens with one attached hydrogen (secondary N) is 1. The number of hydrogen-bond donors (Lipinski definition) is 1. The third kappa shape index (κ3) is 3.97. The number of carbonyl (C=O) groups excluding carboxylic acids is 4. The second-order valence-corrected chi connectivity index (χ2v) is 5.63. The van der Waals surface area contributed by atoms with E-state index in [4.69, 9.17) is 9.15 Å². The molecule has 0 saturated carbocycles. The Hall–Kier alpha value is -3.42. The van der Waals surface area contributed by atoms with Gasteiger partial charge in [0, 0.05) is 18.7 Å². The molecule has 1 aromatic carbocycles. The third-order valence-corrected chi connectivity index (χ3v) is 3.82. The zero-order valence-corrected chi connectivity index (χ0v) is 13.8. The first kappa shape index (κ1) is 17.4. The molecule has 0 bridgehead atoms. The summed E-state index contributed by atoms with van der Waals surface area (Å²) in [7, 11) is 0. The largest absolute Gasteiger partial charge is 0.459 e. The number of amides is 3. The molecule has 0 radical (unpaired) electrons. The van der Waals surface area contributed by atoms with Gasteiger partial charge in [-0.1, -0.05) is 0 Å². The normalized spacial score (nSPS) is 13.5. The fourth-order valence-corrected chi connectivity index (χ4v) is 2.55. The van der Waals surface area contributed by atoms with E-state index in [2.05, 4.69) is 0 Å². The first-order valence-electron chi connectivity index (χ1n) is 8.00. The first-order chi connectivity index (χ1) is 12.5. The molecule has 1 fully saturated rings. The number of anilines is 1. The lowest BCUT2D eigenvalue weighted by Crippen LogP contribution is -2.34. The number of furan rings is 1. The van der Waals surface area contributed by atoms with Crippen molar-refractivity contribution in [2.24, 2.45) is 0 Å². The van der Waals surface area contributed by atoms with E-state index in [0.29, 0.717) is 18.7 Å². The van der Waals surface area contributed by atoms with E-state index in [9.17, 15) is 19.2 Å². The summed E-state index contributed by atoms with van der Waals surface area (Å²) in [4.78, 5) is 48.6. The summed E-state index contributed by atoms with van der Waals surface area (Å²) in [5.41, 5.74) is 0.955. The number of imide groups is 1. The van der Waals surface area contributed by atoms with Gasteiger partial charge in [-0.05, 0) is 42.8 Å². The quantitative estimate of drug-likeness (QED) is 0.814. The molecule has 1 aliphatic rings. The van der Waals surface area contributed by atoms with E-state index in [1.165, 1.54) is 30.5 Å². The van der Waals surface area contributed by atoms with Crippen LogP contribution in [0.3, 0.4) is 0 Å². The Morgan fingerprint density at radius 1 is 1.15 bits per heavy atom. The fraction of sp³-hybridized carbons (Fsp3) is 0.222. The molecular formula is C18H16N2O6. The van der Waals surface area contributed by atoms with Crippen LogP contribution >= 0.6 is 0 Å².